The second-order valence-electron chi connectivity index (χ2n) is 11.2. The molecule has 0 aliphatic heterocycles. The van der Waals surface area contributed by atoms with Gasteiger partial charge in [0.2, 0.25) is 23.6 Å². The molecule has 0 bridgehead atoms. The maximum Gasteiger partial charge on any atom is 0.407 e. The highest BCUT2D eigenvalue weighted by atomic mass is 16.5. The van der Waals surface area contributed by atoms with Crippen molar-refractivity contribution < 1.29 is 28.7 Å². The van der Waals surface area contributed by atoms with Gasteiger partial charge in [-0.3, -0.25) is 29.6 Å². The second-order valence-corrected chi connectivity index (χ2v) is 11.2. The lowest BCUT2D eigenvalue weighted by atomic mass is 9.95. The zero-order valence-electron chi connectivity index (χ0n) is 27.7. The number of unbranched alkanes of at least 4 members (excludes halogenated alkanes) is 1. The molecule has 266 valence electrons. The van der Waals surface area contributed by atoms with E-state index < -0.39 is 47.7 Å². The Morgan fingerprint density at radius 2 is 1.43 bits per heavy atom. The number of ether oxygens (including phenoxy) is 1. The zero-order chi connectivity index (χ0) is 36.2. The van der Waals surface area contributed by atoms with Crippen LogP contribution in [0.2, 0.25) is 0 Å². The average Bonchev–Trinajstić information content (AvgIpc) is 3.07. The van der Waals surface area contributed by atoms with Crippen LogP contribution in [-0.2, 0) is 36.9 Å². The van der Waals surface area contributed by atoms with Crippen LogP contribution in [0.1, 0.15) is 55.7 Å². The summed E-state index contributed by atoms with van der Waals surface area (Å²) in [6.07, 6.45) is 0.822. The number of amidine groups is 1. The number of nitrogens with one attached hydrogen (secondary N) is 5. The molecule has 0 spiro atoms. The minimum absolute atomic E-state index is 0.00784. The summed E-state index contributed by atoms with van der Waals surface area (Å²) < 4.78 is 5.21. The Balaban J connectivity index is 2.12. The summed E-state index contributed by atoms with van der Waals surface area (Å²) in [4.78, 5) is 68.2. The van der Waals surface area contributed by atoms with Crippen molar-refractivity contribution in [1.82, 2.24) is 21.3 Å². The molecule has 2 aromatic rings. The minimum Gasteiger partial charge on any atom is -0.445 e. The molecule has 0 saturated carbocycles. The van der Waals surface area contributed by atoms with Gasteiger partial charge >= 0.3 is 6.09 Å². The summed E-state index contributed by atoms with van der Waals surface area (Å²) in [7, 11) is 0. The van der Waals surface area contributed by atoms with Gasteiger partial charge in [0.05, 0.1) is 0 Å². The summed E-state index contributed by atoms with van der Waals surface area (Å²) in [6.45, 7) is 2.55. The van der Waals surface area contributed by atoms with Crippen LogP contribution in [0.5, 0.6) is 0 Å². The summed E-state index contributed by atoms with van der Waals surface area (Å²) in [5.41, 5.74) is 23.7. The molecular formula is C33H48N10O6. The lowest BCUT2D eigenvalue weighted by Crippen LogP contribution is -2.55. The Labute approximate surface area is 285 Å². The van der Waals surface area contributed by atoms with Gasteiger partial charge in [0.25, 0.3) is 0 Å². The molecule has 0 heterocycles. The standard InChI is InChI=1S/C33H48N10O6/c1-2-39-29(45)24(19-21-13-15-23(16-14-21)27(34)35)30(46)43-26(31(47)42-25(28(36)44)12-8-18-40-32(37)38)11-6-7-17-41-33(48)49-20-22-9-4-3-5-10-22/h3-5,9-10,13-16,24-26H,2,6-8,11-12,17-20H2,1H3,(H3,34,35)(H2,36,44)(H,39,45)(H,41,48)(H,42,47)(H,43,46)(H4,37,38,40)/t24-,25?,26?/m0/s1. The Hall–Kier alpha value is -5.67. The molecule has 2 aromatic carbocycles. The third-order valence-corrected chi connectivity index (χ3v) is 7.33. The molecule has 16 nitrogen and oxygen atoms in total. The smallest absolute Gasteiger partial charge is 0.407 e. The number of rotatable bonds is 21. The number of carbonyl (C=O) groups is 5. The van der Waals surface area contributed by atoms with E-state index in [9.17, 15) is 24.0 Å². The predicted molar refractivity (Wildman–Crippen MR) is 185 cm³/mol. The maximum atomic E-state index is 13.6. The van der Waals surface area contributed by atoms with Gasteiger partial charge in [-0.2, -0.15) is 0 Å². The number of hydrogen-bond acceptors (Lipinski definition) is 8. The van der Waals surface area contributed by atoms with Gasteiger partial charge in [-0.15, -0.1) is 0 Å². The maximum absolute atomic E-state index is 13.6. The Kier molecular flexibility index (Phi) is 17.1. The quantitative estimate of drug-likeness (QED) is 0.0367. The molecule has 0 fully saturated rings. The van der Waals surface area contributed by atoms with Crippen LogP contribution in [0.25, 0.3) is 0 Å². The van der Waals surface area contributed by atoms with Crippen LogP contribution < -0.4 is 44.2 Å². The molecule has 13 N–H and O–H groups in total. The molecule has 16 heteroatoms. The van der Waals surface area contributed by atoms with E-state index in [0.29, 0.717) is 30.4 Å². The third-order valence-electron chi connectivity index (χ3n) is 7.33. The summed E-state index contributed by atoms with van der Waals surface area (Å²) in [6, 6.07) is 13.5. The number of carbonyl (C=O) groups excluding carboxylic acids is 5. The molecule has 2 rings (SSSR count). The molecule has 3 atom stereocenters. The number of nitrogen functional groups attached to an aromatic ring is 1. The molecule has 0 saturated heterocycles. The number of primary amides is 1. The SMILES string of the molecule is CCNC(=O)[C@H](Cc1ccc(C(=N)N)cc1)C(=O)NC(CCCCNC(=O)OCc1ccccc1)C(=O)NC(CCCN=C(N)N)C(N)=O. The predicted octanol–water partition coefficient (Wildman–Crippen LogP) is -0.129. The number of nitrogens with two attached hydrogens (primary N) is 4. The van der Waals surface area contributed by atoms with E-state index >= 15 is 0 Å². The molecule has 49 heavy (non-hydrogen) atoms. The number of guanidine groups is 1. The Morgan fingerprint density at radius 3 is 2.04 bits per heavy atom. The molecule has 0 radical (unpaired) electrons. The van der Waals surface area contributed by atoms with E-state index in [4.69, 9.17) is 33.1 Å². The highest BCUT2D eigenvalue weighted by Crippen LogP contribution is 2.13. The largest absolute Gasteiger partial charge is 0.445 e. The summed E-state index contributed by atoms with van der Waals surface area (Å²) in [5, 5.41) is 18.2. The highest BCUT2D eigenvalue weighted by molar-refractivity contribution is 6.02. The monoisotopic (exact) mass is 680 g/mol. The van der Waals surface area contributed by atoms with E-state index in [1.54, 1.807) is 31.2 Å². The first-order valence-corrected chi connectivity index (χ1v) is 16.0. The van der Waals surface area contributed by atoms with Gasteiger partial charge in [-0.1, -0.05) is 54.6 Å². The van der Waals surface area contributed by atoms with Crippen molar-refractivity contribution in [3.05, 3.63) is 71.3 Å². The normalized spacial score (nSPS) is 12.3. The van der Waals surface area contributed by atoms with Crippen LogP contribution in [0.3, 0.4) is 0 Å². The highest BCUT2D eigenvalue weighted by Gasteiger charge is 2.31. The van der Waals surface area contributed by atoms with Crippen molar-refractivity contribution >= 4 is 41.5 Å². The Bertz CT molecular complexity index is 1430. The van der Waals surface area contributed by atoms with Crippen molar-refractivity contribution in [2.24, 2.45) is 33.8 Å². The van der Waals surface area contributed by atoms with Crippen molar-refractivity contribution in [2.75, 3.05) is 19.6 Å². The average molecular weight is 681 g/mol. The molecule has 0 aromatic heterocycles. The topological polar surface area (TPSA) is 283 Å². The number of amides is 5. The number of hydrogen-bond donors (Lipinski definition) is 9. The summed E-state index contributed by atoms with van der Waals surface area (Å²) in [5.74, 6) is -4.13. The number of alkyl carbamates (subject to hydrolysis) is 1. The van der Waals surface area contributed by atoms with Gasteiger partial charge in [0.15, 0.2) is 5.96 Å². The van der Waals surface area contributed by atoms with Crippen LogP contribution in [0, 0.1) is 11.3 Å². The van der Waals surface area contributed by atoms with E-state index in [1.807, 2.05) is 30.3 Å². The van der Waals surface area contributed by atoms with Crippen LogP contribution in [0.4, 0.5) is 4.79 Å². The molecule has 0 aliphatic rings. The van der Waals surface area contributed by atoms with Crippen molar-refractivity contribution in [1.29, 1.82) is 5.41 Å². The summed E-state index contributed by atoms with van der Waals surface area (Å²) >= 11 is 0. The Morgan fingerprint density at radius 1 is 0.776 bits per heavy atom. The van der Waals surface area contributed by atoms with Crippen molar-refractivity contribution in [2.45, 2.75) is 64.1 Å². The van der Waals surface area contributed by atoms with Gasteiger partial charge in [0, 0.05) is 25.2 Å². The molecule has 5 amide bonds. The van der Waals surface area contributed by atoms with Gasteiger partial charge in [-0.05, 0) is 56.6 Å². The van der Waals surface area contributed by atoms with Gasteiger partial charge in [0.1, 0.15) is 30.4 Å². The number of benzene rings is 2. The van der Waals surface area contributed by atoms with Crippen LogP contribution in [0.15, 0.2) is 59.6 Å². The van der Waals surface area contributed by atoms with E-state index in [0.717, 1.165) is 5.56 Å². The van der Waals surface area contributed by atoms with Crippen LogP contribution in [-0.4, -0.2) is 73.2 Å². The van der Waals surface area contributed by atoms with Crippen LogP contribution >= 0.6 is 0 Å². The minimum atomic E-state index is -1.20. The zero-order valence-corrected chi connectivity index (χ0v) is 27.7. The fourth-order valence-corrected chi connectivity index (χ4v) is 4.70. The fraction of sp³-hybridized carbons (Fsp3) is 0.424. The number of nitrogens with zero attached hydrogens (tertiary/aromatic N) is 1. The third kappa shape index (κ3) is 15.2. The van der Waals surface area contributed by atoms with Crippen molar-refractivity contribution in [3.63, 3.8) is 0 Å². The van der Waals surface area contributed by atoms with Gasteiger partial charge in [-0.25, -0.2) is 4.79 Å². The van der Waals surface area contributed by atoms with Crippen molar-refractivity contribution in [3.8, 4) is 0 Å². The van der Waals surface area contributed by atoms with Gasteiger partial charge < -0.3 is 48.9 Å². The lowest BCUT2D eigenvalue weighted by Gasteiger charge is -2.24. The number of aliphatic imine (C=N–C) groups is 1. The second kappa shape index (κ2) is 21.3. The lowest BCUT2D eigenvalue weighted by molar-refractivity contribution is -0.138. The molecule has 0 aliphatic carbocycles. The van der Waals surface area contributed by atoms with E-state index in [-0.39, 0.29) is 57.3 Å². The fourth-order valence-electron chi connectivity index (χ4n) is 4.70. The molecular weight excluding hydrogens is 632 g/mol. The van der Waals surface area contributed by atoms with E-state index in [1.165, 1.54) is 0 Å². The first-order valence-electron chi connectivity index (χ1n) is 16.0. The first kappa shape index (κ1) is 39.5. The molecule has 2 unspecified atom stereocenters. The first-order chi connectivity index (χ1) is 23.4. The van der Waals surface area contributed by atoms with E-state index in [2.05, 4.69) is 26.3 Å².